The van der Waals surface area contributed by atoms with Gasteiger partial charge in [-0.25, -0.2) is 8.78 Å². The highest BCUT2D eigenvalue weighted by atomic mass is 19.3. The van der Waals surface area contributed by atoms with E-state index >= 15 is 0 Å². The highest BCUT2D eigenvalue weighted by Crippen LogP contribution is 2.37. The van der Waals surface area contributed by atoms with Gasteiger partial charge in [0.1, 0.15) is 6.04 Å². The number of aryl methyl sites for hydroxylation is 1. The minimum atomic E-state index is -2.70. The topological polar surface area (TPSA) is 67.2 Å². The summed E-state index contributed by atoms with van der Waals surface area (Å²) in [5.41, 5.74) is 2.27. The van der Waals surface area contributed by atoms with Crippen molar-refractivity contribution in [2.75, 3.05) is 6.54 Å². The second-order valence-corrected chi connectivity index (χ2v) is 7.31. The Bertz CT molecular complexity index is 887. The summed E-state index contributed by atoms with van der Waals surface area (Å²) in [7, 11) is 0. The summed E-state index contributed by atoms with van der Waals surface area (Å²) in [5.74, 6) is -3.25. The van der Waals surface area contributed by atoms with Gasteiger partial charge in [-0.15, -0.1) is 0 Å². The fraction of sp³-hybridized carbons (Fsp3) is 0.421. The van der Waals surface area contributed by atoms with Crippen molar-refractivity contribution in [3.63, 3.8) is 0 Å². The van der Waals surface area contributed by atoms with Gasteiger partial charge in [0.15, 0.2) is 0 Å². The molecule has 4 rings (SSSR count). The van der Waals surface area contributed by atoms with Crippen LogP contribution in [-0.4, -0.2) is 45.0 Å². The average molecular weight is 374 g/mol. The molecule has 1 aromatic heterocycles. The van der Waals surface area contributed by atoms with Crippen LogP contribution in [0, 0.1) is 6.92 Å². The second-order valence-electron chi connectivity index (χ2n) is 7.31. The molecule has 0 bridgehead atoms. The lowest BCUT2D eigenvalue weighted by molar-refractivity contribution is -0.133. The predicted molar refractivity (Wildman–Crippen MR) is 93.3 cm³/mol. The van der Waals surface area contributed by atoms with Gasteiger partial charge in [0.2, 0.25) is 5.91 Å². The molecule has 27 heavy (non-hydrogen) atoms. The third-order valence-electron chi connectivity index (χ3n) is 5.09. The van der Waals surface area contributed by atoms with Crippen molar-refractivity contribution < 1.29 is 18.4 Å². The quantitative estimate of drug-likeness (QED) is 0.897. The number of carbonyl (C=O) groups excluding carboxylic acids is 2. The van der Waals surface area contributed by atoms with Crippen molar-refractivity contribution in [2.45, 2.75) is 44.3 Å². The molecule has 1 fully saturated rings. The van der Waals surface area contributed by atoms with E-state index < -0.39 is 18.0 Å². The van der Waals surface area contributed by atoms with E-state index in [0.29, 0.717) is 12.1 Å². The number of hydrogen-bond donors (Lipinski definition) is 1. The molecule has 1 saturated carbocycles. The van der Waals surface area contributed by atoms with Crippen LogP contribution in [-0.2, 0) is 11.3 Å². The molecular weight excluding hydrogens is 354 g/mol. The average Bonchev–Trinajstić information content (AvgIpc) is 3.07. The van der Waals surface area contributed by atoms with Gasteiger partial charge in [-0.2, -0.15) is 5.10 Å². The van der Waals surface area contributed by atoms with E-state index in [0.717, 1.165) is 11.3 Å². The summed E-state index contributed by atoms with van der Waals surface area (Å²) < 4.78 is 27.6. The van der Waals surface area contributed by atoms with E-state index in [1.807, 2.05) is 19.1 Å². The number of hydrogen-bond acceptors (Lipinski definition) is 3. The standard InChI is InChI=1S/C19H20F2N4O2/c1-12-3-2-4-13(7-12)18(27)24-10-15-5-6-22-25(15)16(11-24)17(26)23-14-8-19(20,21)9-14/h2-7,14,16H,8-11H2,1H3,(H,23,26). The Morgan fingerprint density at radius 2 is 2.04 bits per heavy atom. The van der Waals surface area contributed by atoms with E-state index in [9.17, 15) is 18.4 Å². The summed E-state index contributed by atoms with van der Waals surface area (Å²) in [4.78, 5) is 27.2. The van der Waals surface area contributed by atoms with Crippen LogP contribution in [0.5, 0.6) is 0 Å². The molecule has 1 aliphatic carbocycles. The monoisotopic (exact) mass is 374 g/mol. The summed E-state index contributed by atoms with van der Waals surface area (Å²) in [5, 5.41) is 6.85. The Balaban J connectivity index is 1.52. The van der Waals surface area contributed by atoms with Crippen molar-refractivity contribution in [2.24, 2.45) is 0 Å². The van der Waals surface area contributed by atoms with Gasteiger partial charge in [0.25, 0.3) is 11.8 Å². The van der Waals surface area contributed by atoms with Gasteiger partial charge in [0.05, 0.1) is 18.8 Å². The van der Waals surface area contributed by atoms with Gasteiger partial charge in [-0.1, -0.05) is 17.7 Å². The molecule has 142 valence electrons. The Labute approximate surface area is 155 Å². The molecule has 8 heteroatoms. The fourth-order valence-corrected chi connectivity index (χ4v) is 3.66. The number of fused-ring (bicyclic) bond motifs is 1. The maximum Gasteiger partial charge on any atom is 0.254 e. The van der Waals surface area contributed by atoms with E-state index in [1.165, 1.54) is 0 Å². The number of nitrogens with zero attached hydrogens (tertiary/aromatic N) is 3. The predicted octanol–water partition coefficient (Wildman–Crippen LogP) is 2.30. The third kappa shape index (κ3) is 3.43. The molecule has 1 N–H and O–H groups in total. The summed E-state index contributed by atoms with van der Waals surface area (Å²) in [6.45, 7) is 2.40. The molecule has 0 saturated heterocycles. The van der Waals surface area contributed by atoms with Crippen molar-refractivity contribution in [1.29, 1.82) is 0 Å². The first-order valence-electron chi connectivity index (χ1n) is 8.89. The smallest absolute Gasteiger partial charge is 0.254 e. The zero-order chi connectivity index (χ0) is 19.2. The highest BCUT2D eigenvalue weighted by Gasteiger charge is 2.47. The second kappa shape index (κ2) is 6.44. The minimum absolute atomic E-state index is 0.149. The maximum absolute atomic E-state index is 13.0. The molecule has 0 radical (unpaired) electrons. The first kappa shape index (κ1) is 17.6. The number of alkyl halides is 2. The third-order valence-corrected chi connectivity index (χ3v) is 5.09. The SMILES string of the molecule is Cc1cccc(C(=O)N2Cc3ccnn3C(C(=O)NC3CC(F)(F)C3)C2)c1. The van der Waals surface area contributed by atoms with E-state index in [4.69, 9.17) is 0 Å². The molecule has 2 heterocycles. The van der Waals surface area contributed by atoms with Crippen LogP contribution in [0.2, 0.25) is 0 Å². The number of nitrogens with one attached hydrogen (secondary N) is 1. The minimum Gasteiger partial charge on any atom is -0.351 e. The molecule has 2 amide bonds. The number of halogens is 2. The normalized spacial score (nSPS) is 21.3. The highest BCUT2D eigenvalue weighted by molar-refractivity contribution is 5.95. The number of carbonyl (C=O) groups is 2. The fourth-order valence-electron chi connectivity index (χ4n) is 3.66. The number of rotatable bonds is 3. The Morgan fingerprint density at radius 1 is 1.26 bits per heavy atom. The van der Waals surface area contributed by atoms with Gasteiger partial charge in [0, 0.05) is 30.6 Å². The molecule has 1 aliphatic heterocycles. The van der Waals surface area contributed by atoms with Crippen LogP contribution >= 0.6 is 0 Å². The number of amides is 2. The lowest BCUT2D eigenvalue weighted by Crippen LogP contribution is -2.54. The molecule has 2 aromatic rings. The summed E-state index contributed by atoms with van der Waals surface area (Å²) in [6.07, 6.45) is 0.889. The molecule has 6 nitrogen and oxygen atoms in total. The van der Waals surface area contributed by atoms with Crippen LogP contribution < -0.4 is 5.32 Å². The van der Waals surface area contributed by atoms with Crippen LogP contribution in [0.1, 0.15) is 40.5 Å². The van der Waals surface area contributed by atoms with E-state index in [2.05, 4.69) is 10.4 Å². The Hall–Kier alpha value is -2.77. The first-order valence-corrected chi connectivity index (χ1v) is 8.89. The molecule has 1 aromatic carbocycles. The summed E-state index contributed by atoms with van der Waals surface area (Å²) in [6, 6.07) is 7.77. The van der Waals surface area contributed by atoms with Gasteiger partial charge in [-0.3, -0.25) is 14.3 Å². The Morgan fingerprint density at radius 3 is 2.74 bits per heavy atom. The van der Waals surface area contributed by atoms with E-state index in [1.54, 1.807) is 34.0 Å². The number of aromatic nitrogens is 2. The maximum atomic E-state index is 13.0. The van der Waals surface area contributed by atoms with E-state index in [-0.39, 0.29) is 31.2 Å². The zero-order valence-corrected chi connectivity index (χ0v) is 14.9. The van der Waals surface area contributed by atoms with Crippen LogP contribution in [0.15, 0.2) is 36.5 Å². The van der Waals surface area contributed by atoms with Gasteiger partial charge in [-0.05, 0) is 25.1 Å². The zero-order valence-electron chi connectivity index (χ0n) is 14.9. The van der Waals surface area contributed by atoms with Crippen molar-refractivity contribution in [3.05, 3.63) is 53.3 Å². The largest absolute Gasteiger partial charge is 0.351 e. The Kier molecular flexibility index (Phi) is 4.20. The first-order chi connectivity index (χ1) is 12.8. The molecule has 0 spiro atoms. The van der Waals surface area contributed by atoms with Crippen LogP contribution in [0.4, 0.5) is 8.78 Å². The van der Waals surface area contributed by atoms with Crippen molar-refractivity contribution in [1.82, 2.24) is 20.0 Å². The molecule has 1 atom stereocenters. The summed E-state index contributed by atoms with van der Waals surface area (Å²) >= 11 is 0. The van der Waals surface area contributed by atoms with Crippen molar-refractivity contribution in [3.8, 4) is 0 Å². The number of benzene rings is 1. The lowest BCUT2D eigenvalue weighted by Gasteiger charge is -2.38. The lowest BCUT2D eigenvalue weighted by atomic mass is 9.88. The van der Waals surface area contributed by atoms with Gasteiger partial charge < -0.3 is 10.2 Å². The molecular formula is C19H20F2N4O2. The van der Waals surface area contributed by atoms with Crippen LogP contribution in [0.3, 0.4) is 0 Å². The van der Waals surface area contributed by atoms with Gasteiger partial charge >= 0.3 is 0 Å². The molecule has 1 unspecified atom stereocenters. The van der Waals surface area contributed by atoms with Crippen molar-refractivity contribution >= 4 is 11.8 Å². The van der Waals surface area contributed by atoms with Crippen LogP contribution in [0.25, 0.3) is 0 Å². The molecule has 2 aliphatic rings.